The van der Waals surface area contributed by atoms with E-state index in [9.17, 15) is 8.42 Å². The van der Waals surface area contributed by atoms with Gasteiger partial charge in [0.15, 0.2) is 0 Å². The van der Waals surface area contributed by atoms with E-state index in [0.717, 1.165) is 6.42 Å². The topological polar surface area (TPSA) is 75.4 Å². The third kappa shape index (κ3) is 4.15. The number of aliphatic hydroxyl groups is 1. The molecule has 7 heteroatoms. The first-order valence-electron chi connectivity index (χ1n) is 6.30. The second-order valence-corrected chi connectivity index (χ2v) is 6.11. The minimum atomic E-state index is -3.51. The quantitative estimate of drug-likeness (QED) is 0.683. The van der Waals surface area contributed by atoms with Gasteiger partial charge in [-0.3, -0.25) is 4.68 Å². The van der Waals surface area contributed by atoms with Gasteiger partial charge in [0.2, 0.25) is 10.0 Å². The van der Waals surface area contributed by atoms with Gasteiger partial charge in [0.1, 0.15) is 4.90 Å². The Morgan fingerprint density at radius 2 is 2.32 bits per heavy atom. The van der Waals surface area contributed by atoms with E-state index < -0.39 is 10.0 Å². The highest BCUT2D eigenvalue weighted by atomic mass is 32.2. The second kappa shape index (κ2) is 7.42. The molecule has 0 spiro atoms. The average Bonchev–Trinajstić information content (AvgIpc) is 2.85. The van der Waals surface area contributed by atoms with Crippen LogP contribution in [0, 0.1) is 0 Å². The molecular weight excluding hydrogens is 266 g/mol. The first-order valence-corrected chi connectivity index (χ1v) is 7.74. The number of aryl methyl sites for hydroxylation is 1. The van der Waals surface area contributed by atoms with Crippen LogP contribution in [-0.2, 0) is 16.6 Å². The number of aliphatic hydroxyl groups excluding tert-OH is 1. The van der Waals surface area contributed by atoms with E-state index in [0.29, 0.717) is 19.5 Å². The number of nitrogens with zero attached hydrogens (tertiary/aromatic N) is 3. The van der Waals surface area contributed by atoms with Crippen LogP contribution in [0.5, 0.6) is 0 Å². The van der Waals surface area contributed by atoms with Crippen molar-refractivity contribution in [3.05, 3.63) is 25.0 Å². The second-order valence-electron chi connectivity index (χ2n) is 4.17. The van der Waals surface area contributed by atoms with Crippen molar-refractivity contribution in [3.63, 3.8) is 0 Å². The molecule has 0 aliphatic rings. The van der Waals surface area contributed by atoms with Gasteiger partial charge in [0.05, 0.1) is 6.20 Å². The van der Waals surface area contributed by atoms with Crippen LogP contribution in [0.1, 0.15) is 19.8 Å². The summed E-state index contributed by atoms with van der Waals surface area (Å²) in [6.07, 6.45) is 5.71. The van der Waals surface area contributed by atoms with Gasteiger partial charge in [-0.25, -0.2) is 8.42 Å². The summed E-state index contributed by atoms with van der Waals surface area (Å²) in [6, 6.07) is 0. The Hall–Kier alpha value is -1.18. The summed E-state index contributed by atoms with van der Waals surface area (Å²) in [5, 5.41) is 12.7. The van der Waals surface area contributed by atoms with Gasteiger partial charge in [-0.15, -0.1) is 6.58 Å². The lowest BCUT2D eigenvalue weighted by Crippen LogP contribution is -2.31. The standard InChI is InChI=1S/C12H21N3O3S/c1-3-6-15(7-4-2)19(17,18)12-10-13-14(11-12)8-5-9-16/h3,10-11,16H,1,4-9H2,2H3. The van der Waals surface area contributed by atoms with E-state index in [4.69, 9.17) is 5.11 Å². The van der Waals surface area contributed by atoms with E-state index in [2.05, 4.69) is 11.7 Å². The highest BCUT2D eigenvalue weighted by Crippen LogP contribution is 2.15. The SMILES string of the molecule is C=CCN(CCC)S(=O)(=O)c1cnn(CCCO)c1. The van der Waals surface area contributed by atoms with Crippen LogP contribution in [0.3, 0.4) is 0 Å². The third-order valence-corrected chi connectivity index (χ3v) is 4.42. The highest BCUT2D eigenvalue weighted by Gasteiger charge is 2.24. The molecule has 0 aromatic carbocycles. The molecule has 1 N–H and O–H groups in total. The number of hydrogen-bond donors (Lipinski definition) is 1. The van der Waals surface area contributed by atoms with E-state index in [-0.39, 0.29) is 18.0 Å². The van der Waals surface area contributed by atoms with Crippen molar-refractivity contribution in [1.29, 1.82) is 0 Å². The van der Waals surface area contributed by atoms with Crippen molar-refractivity contribution >= 4 is 10.0 Å². The molecule has 0 saturated heterocycles. The normalized spacial score (nSPS) is 11.9. The van der Waals surface area contributed by atoms with Crippen LogP contribution in [0.4, 0.5) is 0 Å². The molecule has 0 aliphatic heterocycles. The molecule has 1 aromatic heterocycles. The third-order valence-electron chi connectivity index (χ3n) is 2.60. The van der Waals surface area contributed by atoms with Crippen LogP contribution in [0.2, 0.25) is 0 Å². The predicted octanol–water partition coefficient (Wildman–Crippen LogP) is 0.852. The Morgan fingerprint density at radius 3 is 2.89 bits per heavy atom. The first kappa shape index (κ1) is 15.9. The van der Waals surface area contributed by atoms with Crippen LogP contribution in [0.25, 0.3) is 0 Å². The molecule has 1 aromatic rings. The van der Waals surface area contributed by atoms with Crippen molar-refractivity contribution in [2.45, 2.75) is 31.2 Å². The number of sulfonamides is 1. The molecule has 0 fully saturated rings. The fourth-order valence-corrected chi connectivity index (χ4v) is 3.14. The number of rotatable bonds is 9. The van der Waals surface area contributed by atoms with Gasteiger partial charge in [-0.05, 0) is 12.8 Å². The molecule has 0 radical (unpaired) electrons. The van der Waals surface area contributed by atoms with Crippen LogP contribution in [0.15, 0.2) is 29.9 Å². The molecule has 1 rings (SSSR count). The Bertz CT molecular complexity index is 496. The van der Waals surface area contributed by atoms with E-state index in [1.165, 1.54) is 21.4 Å². The molecule has 108 valence electrons. The maximum atomic E-state index is 12.4. The van der Waals surface area contributed by atoms with Crippen molar-refractivity contribution < 1.29 is 13.5 Å². The van der Waals surface area contributed by atoms with Crippen molar-refractivity contribution in [2.24, 2.45) is 0 Å². The fraction of sp³-hybridized carbons (Fsp3) is 0.583. The Labute approximate surface area is 114 Å². The van der Waals surface area contributed by atoms with Gasteiger partial charge < -0.3 is 5.11 Å². The minimum Gasteiger partial charge on any atom is -0.396 e. The van der Waals surface area contributed by atoms with Crippen molar-refractivity contribution in [2.75, 3.05) is 19.7 Å². The zero-order valence-corrected chi connectivity index (χ0v) is 12.0. The average molecular weight is 287 g/mol. The molecule has 6 nitrogen and oxygen atoms in total. The lowest BCUT2D eigenvalue weighted by molar-refractivity contribution is 0.277. The first-order chi connectivity index (χ1) is 9.06. The largest absolute Gasteiger partial charge is 0.396 e. The van der Waals surface area contributed by atoms with Crippen LogP contribution in [-0.4, -0.2) is 47.3 Å². The summed E-state index contributed by atoms with van der Waals surface area (Å²) in [5.41, 5.74) is 0. The molecule has 0 unspecified atom stereocenters. The Morgan fingerprint density at radius 1 is 1.58 bits per heavy atom. The molecule has 0 atom stereocenters. The summed E-state index contributed by atoms with van der Waals surface area (Å²) in [7, 11) is -3.51. The summed E-state index contributed by atoms with van der Waals surface area (Å²) < 4.78 is 27.7. The molecule has 0 amide bonds. The van der Waals surface area contributed by atoms with Crippen LogP contribution < -0.4 is 0 Å². The van der Waals surface area contributed by atoms with Gasteiger partial charge in [-0.1, -0.05) is 13.0 Å². The van der Waals surface area contributed by atoms with E-state index in [1.807, 2.05) is 6.92 Å². The molecular formula is C12H21N3O3S. The number of hydrogen-bond acceptors (Lipinski definition) is 4. The fourth-order valence-electron chi connectivity index (χ4n) is 1.68. The lowest BCUT2D eigenvalue weighted by Gasteiger charge is -2.18. The lowest BCUT2D eigenvalue weighted by atomic mass is 10.5. The van der Waals surface area contributed by atoms with E-state index in [1.54, 1.807) is 6.08 Å². The summed E-state index contributed by atoms with van der Waals surface area (Å²) in [6.45, 7) is 6.81. The molecule has 0 aliphatic carbocycles. The maximum absolute atomic E-state index is 12.4. The van der Waals surface area contributed by atoms with Crippen molar-refractivity contribution in [3.8, 4) is 0 Å². The summed E-state index contributed by atoms with van der Waals surface area (Å²) in [5.74, 6) is 0. The van der Waals surface area contributed by atoms with Crippen LogP contribution >= 0.6 is 0 Å². The van der Waals surface area contributed by atoms with Gasteiger partial charge in [0.25, 0.3) is 0 Å². The van der Waals surface area contributed by atoms with Gasteiger partial charge in [-0.2, -0.15) is 9.40 Å². The smallest absolute Gasteiger partial charge is 0.246 e. The van der Waals surface area contributed by atoms with Gasteiger partial charge in [0, 0.05) is 32.4 Å². The summed E-state index contributed by atoms with van der Waals surface area (Å²) in [4.78, 5) is 0.181. The molecule has 0 saturated carbocycles. The monoisotopic (exact) mass is 287 g/mol. The molecule has 19 heavy (non-hydrogen) atoms. The van der Waals surface area contributed by atoms with Gasteiger partial charge >= 0.3 is 0 Å². The molecule has 1 heterocycles. The van der Waals surface area contributed by atoms with E-state index >= 15 is 0 Å². The highest BCUT2D eigenvalue weighted by molar-refractivity contribution is 7.89. The Balaban J connectivity index is 2.90. The summed E-state index contributed by atoms with van der Waals surface area (Å²) >= 11 is 0. The van der Waals surface area contributed by atoms with Crippen molar-refractivity contribution in [1.82, 2.24) is 14.1 Å². The number of aromatic nitrogens is 2. The molecule has 0 bridgehead atoms. The zero-order chi connectivity index (χ0) is 14.3. The Kier molecular flexibility index (Phi) is 6.20. The maximum Gasteiger partial charge on any atom is 0.246 e. The minimum absolute atomic E-state index is 0.0559. The zero-order valence-electron chi connectivity index (χ0n) is 11.2. The predicted molar refractivity (Wildman–Crippen MR) is 73.2 cm³/mol.